The van der Waals surface area contributed by atoms with E-state index < -0.39 is 24.2 Å². The fraction of sp³-hybridized carbons (Fsp3) is 0.571. The zero-order valence-corrected chi connectivity index (χ0v) is 7.77. The fourth-order valence-electron chi connectivity index (χ4n) is 0.933. The van der Waals surface area contributed by atoms with E-state index >= 15 is 0 Å². The van der Waals surface area contributed by atoms with Gasteiger partial charge in [0.05, 0.1) is 0 Å². The molecule has 1 saturated heterocycles. The molecule has 0 aromatic carbocycles. The number of ether oxygens (including phenoxy) is 2. The van der Waals surface area contributed by atoms with Crippen LogP contribution in [0.4, 0.5) is 9.59 Å². The van der Waals surface area contributed by atoms with Gasteiger partial charge >= 0.3 is 12.2 Å². The third-order valence-corrected chi connectivity index (χ3v) is 1.72. The minimum Gasteiger partial charge on any atom is -0.430 e. The first kappa shape index (κ1) is 10.3. The molecule has 0 radical (unpaired) electrons. The van der Waals surface area contributed by atoms with E-state index in [9.17, 15) is 14.4 Å². The average molecular weight is 202 g/mol. The van der Waals surface area contributed by atoms with Crippen molar-refractivity contribution in [2.75, 3.05) is 20.7 Å². The molecular weight excluding hydrogens is 192 g/mol. The number of urea groups is 1. The van der Waals surface area contributed by atoms with Gasteiger partial charge in [0, 0.05) is 14.1 Å². The number of hydrogen-bond donors (Lipinski definition) is 1. The molecule has 1 aliphatic heterocycles. The molecule has 0 saturated carbocycles. The van der Waals surface area contributed by atoms with Crippen LogP contribution in [-0.2, 0) is 14.3 Å². The van der Waals surface area contributed by atoms with Crippen molar-refractivity contribution < 1.29 is 23.9 Å². The third kappa shape index (κ3) is 1.93. The Morgan fingerprint density at radius 1 is 1.57 bits per heavy atom. The van der Waals surface area contributed by atoms with Crippen LogP contribution in [0, 0.1) is 0 Å². The van der Waals surface area contributed by atoms with Crippen molar-refractivity contribution in [3.8, 4) is 0 Å². The second-order valence-corrected chi connectivity index (χ2v) is 2.62. The Morgan fingerprint density at radius 2 is 2.21 bits per heavy atom. The van der Waals surface area contributed by atoms with E-state index in [1.165, 1.54) is 14.1 Å². The molecule has 0 spiro atoms. The van der Waals surface area contributed by atoms with Gasteiger partial charge < -0.3 is 14.8 Å². The Hall–Kier alpha value is -1.79. The quantitative estimate of drug-likeness (QED) is 0.569. The molecule has 78 valence electrons. The van der Waals surface area contributed by atoms with Crippen LogP contribution in [0.25, 0.3) is 0 Å². The van der Waals surface area contributed by atoms with Gasteiger partial charge in [0.1, 0.15) is 6.61 Å². The maximum Gasteiger partial charge on any atom is 0.509 e. The van der Waals surface area contributed by atoms with Crippen LogP contribution in [0.2, 0.25) is 0 Å². The van der Waals surface area contributed by atoms with Crippen molar-refractivity contribution in [2.45, 2.75) is 6.10 Å². The van der Waals surface area contributed by atoms with E-state index in [1.807, 2.05) is 0 Å². The normalized spacial score (nSPS) is 19.6. The second-order valence-electron chi connectivity index (χ2n) is 2.62. The van der Waals surface area contributed by atoms with E-state index in [1.54, 1.807) is 0 Å². The van der Waals surface area contributed by atoms with Crippen LogP contribution >= 0.6 is 0 Å². The SMILES string of the molecule is CNC(=O)N(C)C(=O)C1COC(=O)O1. The summed E-state index contributed by atoms with van der Waals surface area (Å²) in [6, 6.07) is -0.571. The van der Waals surface area contributed by atoms with E-state index in [0.29, 0.717) is 0 Å². The van der Waals surface area contributed by atoms with Crippen molar-refractivity contribution in [3.05, 3.63) is 0 Å². The molecular formula is C7H10N2O5. The zero-order chi connectivity index (χ0) is 10.7. The molecule has 1 heterocycles. The number of nitrogens with zero attached hydrogens (tertiary/aromatic N) is 1. The van der Waals surface area contributed by atoms with Crippen LogP contribution in [-0.4, -0.2) is 49.8 Å². The van der Waals surface area contributed by atoms with Crippen LogP contribution in [0.1, 0.15) is 0 Å². The Balaban J connectivity index is 2.57. The highest BCUT2D eigenvalue weighted by Gasteiger charge is 2.35. The van der Waals surface area contributed by atoms with Crippen molar-refractivity contribution >= 4 is 18.1 Å². The lowest BCUT2D eigenvalue weighted by molar-refractivity contribution is -0.134. The van der Waals surface area contributed by atoms with E-state index in [0.717, 1.165) is 4.90 Å². The molecule has 1 N–H and O–H groups in total. The number of cyclic esters (lactones) is 2. The molecule has 1 rings (SSSR count). The Labute approximate surface area is 79.9 Å². The molecule has 0 bridgehead atoms. The molecule has 0 aliphatic carbocycles. The number of nitrogens with one attached hydrogen (secondary N) is 1. The van der Waals surface area contributed by atoms with Crippen molar-refractivity contribution in [1.82, 2.24) is 10.2 Å². The van der Waals surface area contributed by atoms with Crippen molar-refractivity contribution in [2.24, 2.45) is 0 Å². The minimum absolute atomic E-state index is 0.154. The lowest BCUT2D eigenvalue weighted by Crippen LogP contribution is -2.45. The standard InChI is InChI=1S/C7H10N2O5/c1-8-6(11)9(2)5(10)4-3-13-7(12)14-4/h4H,3H2,1-2H3,(H,8,11). The van der Waals surface area contributed by atoms with Crippen LogP contribution in [0.15, 0.2) is 0 Å². The van der Waals surface area contributed by atoms with Gasteiger partial charge in [-0.15, -0.1) is 0 Å². The van der Waals surface area contributed by atoms with Gasteiger partial charge in [-0.3, -0.25) is 9.69 Å². The van der Waals surface area contributed by atoms with Crippen LogP contribution < -0.4 is 5.32 Å². The van der Waals surface area contributed by atoms with Gasteiger partial charge in [0.25, 0.3) is 5.91 Å². The van der Waals surface area contributed by atoms with Gasteiger partial charge in [-0.05, 0) is 0 Å². The summed E-state index contributed by atoms with van der Waals surface area (Å²) in [5.41, 5.74) is 0. The number of imide groups is 1. The maximum absolute atomic E-state index is 11.4. The maximum atomic E-state index is 11.4. The Morgan fingerprint density at radius 3 is 2.64 bits per heavy atom. The molecule has 7 nitrogen and oxygen atoms in total. The zero-order valence-electron chi connectivity index (χ0n) is 7.77. The first-order valence-corrected chi connectivity index (χ1v) is 3.89. The highest BCUT2D eigenvalue weighted by molar-refractivity contribution is 5.97. The second kappa shape index (κ2) is 3.95. The fourth-order valence-corrected chi connectivity index (χ4v) is 0.933. The summed E-state index contributed by atoms with van der Waals surface area (Å²) in [6.45, 7) is -0.154. The summed E-state index contributed by atoms with van der Waals surface area (Å²) in [7, 11) is 2.68. The Kier molecular flexibility index (Phi) is 2.90. The molecule has 14 heavy (non-hydrogen) atoms. The molecule has 3 amide bonds. The predicted octanol–water partition coefficient (Wildman–Crippen LogP) is -0.680. The molecule has 1 fully saturated rings. The van der Waals surface area contributed by atoms with Gasteiger partial charge in [0.2, 0.25) is 6.10 Å². The number of carbonyl (C=O) groups is 3. The molecule has 0 aromatic heterocycles. The molecule has 1 aliphatic rings. The summed E-state index contributed by atoms with van der Waals surface area (Å²) in [6.07, 6.45) is -1.92. The first-order valence-electron chi connectivity index (χ1n) is 3.89. The summed E-state index contributed by atoms with van der Waals surface area (Å²) < 4.78 is 8.92. The predicted molar refractivity (Wildman–Crippen MR) is 43.4 cm³/mol. The molecule has 1 atom stereocenters. The highest BCUT2D eigenvalue weighted by atomic mass is 16.8. The first-order chi connectivity index (χ1) is 6.56. The monoisotopic (exact) mass is 202 g/mol. The lowest BCUT2D eigenvalue weighted by Gasteiger charge is -2.16. The number of rotatable bonds is 1. The lowest BCUT2D eigenvalue weighted by atomic mass is 10.3. The number of likely N-dealkylation sites (N-methyl/N-ethyl adjacent to an activating group) is 1. The van der Waals surface area contributed by atoms with E-state index in [4.69, 9.17) is 0 Å². The van der Waals surface area contributed by atoms with Crippen LogP contribution in [0.3, 0.4) is 0 Å². The van der Waals surface area contributed by atoms with Gasteiger partial charge in [-0.1, -0.05) is 0 Å². The van der Waals surface area contributed by atoms with E-state index in [2.05, 4.69) is 14.8 Å². The van der Waals surface area contributed by atoms with Gasteiger partial charge in [-0.2, -0.15) is 0 Å². The molecule has 1 unspecified atom stereocenters. The average Bonchev–Trinajstić information content (AvgIpc) is 2.61. The van der Waals surface area contributed by atoms with Gasteiger partial charge in [-0.25, -0.2) is 9.59 Å². The summed E-state index contributed by atoms with van der Waals surface area (Å²) in [4.78, 5) is 33.7. The minimum atomic E-state index is -1.02. The number of hydrogen-bond acceptors (Lipinski definition) is 5. The van der Waals surface area contributed by atoms with Crippen molar-refractivity contribution in [1.29, 1.82) is 0 Å². The largest absolute Gasteiger partial charge is 0.509 e. The molecule has 0 aromatic rings. The summed E-state index contributed by atoms with van der Waals surface area (Å²) >= 11 is 0. The smallest absolute Gasteiger partial charge is 0.430 e. The topological polar surface area (TPSA) is 84.9 Å². The summed E-state index contributed by atoms with van der Waals surface area (Å²) in [5, 5.41) is 2.27. The van der Waals surface area contributed by atoms with Gasteiger partial charge in [0.15, 0.2) is 0 Å². The number of amides is 3. The summed E-state index contributed by atoms with van der Waals surface area (Å²) in [5.74, 6) is -0.616. The third-order valence-electron chi connectivity index (χ3n) is 1.72. The van der Waals surface area contributed by atoms with Crippen LogP contribution in [0.5, 0.6) is 0 Å². The number of carbonyl (C=O) groups excluding carboxylic acids is 3. The highest BCUT2D eigenvalue weighted by Crippen LogP contribution is 2.08. The molecule has 7 heteroatoms. The van der Waals surface area contributed by atoms with Crippen molar-refractivity contribution in [3.63, 3.8) is 0 Å². The van der Waals surface area contributed by atoms with E-state index in [-0.39, 0.29) is 6.61 Å². The Bertz CT molecular complexity index is 277.